The van der Waals surface area contributed by atoms with Gasteiger partial charge in [0.1, 0.15) is 0 Å². The Hall–Kier alpha value is -1.52. The van der Waals surface area contributed by atoms with E-state index in [1.165, 1.54) is 7.11 Å². The van der Waals surface area contributed by atoms with E-state index in [0.29, 0.717) is 5.82 Å². The molecule has 0 unspecified atom stereocenters. The molecule has 0 radical (unpaired) electrons. The molecule has 0 aliphatic heterocycles. The molecule has 0 aliphatic carbocycles. The first-order valence-electron chi connectivity index (χ1n) is 4.37. The van der Waals surface area contributed by atoms with Gasteiger partial charge < -0.3 is 10.5 Å². The molecule has 0 fully saturated rings. The number of aliphatic imine (C=N–C) groups is 1. The van der Waals surface area contributed by atoms with Gasteiger partial charge in [0.2, 0.25) is 0 Å². The largest absolute Gasteiger partial charge is 0.468 e. The van der Waals surface area contributed by atoms with Crippen molar-refractivity contribution in [3.63, 3.8) is 0 Å². The van der Waals surface area contributed by atoms with E-state index >= 15 is 0 Å². The van der Waals surface area contributed by atoms with Crippen molar-refractivity contribution in [3.05, 3.63) is 11.8 Å². The molecule has 0 saturated carbocycles. The topological polar surface area (TPSA) is 76.3 Å². The molecule has 14 heavy (non-hydrogen) atoms. The molecular formula is C9H16N4O. The van der Waals surface area contributed by atoms with Crippen LogP contribution in [0.3, 0.4) is 0 Å². The van der Waals surface area contributed by atoms with Crippen molar-refractivity contribution in [3.8, 4) is 0 Å². The summed E-state index contributed by atoms with van der Waals surface area (Å²) >= 11 is 0. The summed E-state index contributed by atoms with van der Waals surface area (Å²) in [6.45, 7) is 6.27. The summed E-state index contributed by atoms with van der Waals surface area (Å²) in [6.07, 6.45) is 0. The first kappa shape index (κ1) is 10.6. The molecule has 1 aromatic rings. The number of ether oxygens (including phenoxy) is 1. The van der Waals surface area contributed by atoms with E-state index in [1.54, 1.807) is 0 Å². The maximum absolute atomic E-state index is 5.40. The molecular weight excluding hydrogens is 180 g/mol. The number of nitrogens with one attached hydrogen (secondary N) is 1. The van der Waals surface area contributed by atoms with Gasteiger partial charge in [0.05, 0.1) is 7.11 Å². The van der Waals surface area contributed by atoms with Crippen LogP contribution in [0.1, 0.15) is 26.5 Å². The average Bonchev–Trinajstić information content (AvgIpc) is 2.51. The van der Waals surface area contributed by atoms with Crippen molar-refractivity contribution in [2.75, 3.05) is 7.11 Å². The molecule has 78 valence electrons. The smallest absolute Gasteiger partial charge is 0.288 e. The Morgan fingerprint density at radius 3 is 2.64 bits per heavy atom. The summed E-state index contributed by atoms with van der Waals surface area (Å²) in [4.78, 5) is 3.94. The normalized spacial score (nSPS) is 13.0. The Kier molecular flexibility index (Phi) is 2.78. The average molecular weight is 196 g/mol. The van der Waals surface area contributed by atoms with E-state index in [0.717, 1.165) is 5.69 Å². The van der Waals surface area contributed by atoms with Crippen molar-refractivity contribution in [1.29, 1.82) is 0 Å². The van der Waals surface area contributed by atoms with E-state index in [2.05, 4.69) is 36.0 Å². The minimum atomic E-state index is 0.0304. The molecule has 1 aromatic heterocycles. The van der Waals surface area contributed by atoms with Gasteiger partial charge in [-0.15, -0.1) is 0 Å². The number of hydrogen-bond acceptors (Lipinski definition) is 3. The lowest BCUT2D eigenvalue weighted by Gasteiger charge is -2.14. The predicted octanol–water partition coefficient (Wildman–Crippen LogP) is 1.30. The highest BCUT2D eigenvalue weighted by Crippen LogP contribution is 2.22. The van der Waals surface area contributed by atoms with Crippen LogP contribution in [0.2, 0.25) is 0 Å². The van der Waals surface area contributed by atoms with E-state index in [-0.39, 0.29) is 11.4 Å². The first-order chi connectivity index (χ1) is 6.43. The molecule has 0 aromatic carbocycles. The van der Waals surface area contributed by atoms with Gasteiger partial charge in [-0.1, -0.05) is 20.8 Å². The van der Waals surface area contributed by atoms with Crippen LogP contribution in [0.25, 0.3) is 0 Å². The monoisotopic (exact) mass is 196 g/mol. The third kappa shape index (κ3) is 2.48. The number of hydrogen-bond donors (Lipinski definition) is 2. The fraction of sp³-hybridized carbons (Fsp3) is 0.556. The Balaban J connectivity index is 2.89. The van der Waals surface area contributed by atoms with E-state index in [9.17, 15) is 0 Å². The van der Waals surface area contributed by atoms with Crippen LogP contribution in [0.5, 0.6) is 0 Å². The van der Waals surface area contributed by atoms with Crippen LogP contribution >= 0.6 is 0 Å². The number of amidine groups is 1. The lowest BCUT2D eigenvalue weighted by molar-refractivity contribution is 0.397. The Morgan fingerprint density at radius 1 is 1.57 bits per heavy atom. The molecule has 0 aliphatic rings. The van der Waals surface area contributed by atoms with Gasteiger partial charge in [-0.3, -0.25) is 5.10 Å². The lowest BCUT2D eigenvalue weighted by Crippen LogP contribution is -2.12. The van der Waals surface area contributed by atoms with Crippen LogP contribution in [0, 0.1) is 0 Å². The summed E-state index contributed by atoms with van der Waals surface area (Å²) < 4.78 is 4.72. The van der Waals surface area contributed by atoms with Crippen LogP contribution < -0.4 is 5.73 Å². The molecule has 0 spiro atoms. The van der Waals surface area contributed by atoms with Crippen LogP contribution in [0.15, 0.2) is 11.1 Å². The summed E-state index contributed by atoms with van der Waals surface area (Å²) in [7, 11) is 1.47. The van der Waals surface area contributed by atoms with E-state index in [4.69, 9.17) is 10.5 Å². The number of H-pyrrole nitrogens is 1. The molecule has 5 heteroatoms. The van der Waals surface area contributed by atoms with Gasteiger partial charge >= 0.3 is 0 Å². The Morgan fingerprint density at radius 2 is 2.21 bits per heavy atom. The van der Waals surface area contributed by atoms with Gasteiger partial charge in [-0.25, -0.2) is 0 Å². The molecule has 3 N–H and O–H groups in total. The number of rotatable bonds is 1. The van der Waals surface area contributed by atoms with Crippen LogP contribution in [0.4, 0.5) is 5.82 Å². The summed E-state index contributed by atoms with van der Waals surface area (Å²) in [5, 5.41) is 6.91. The van der Waals surface area contributed by atoms with Gasteiger partial charge in [0.25, 0.3) is 6.02 Å². The van der Waals surface area contributed by atoms with Gasteiger partial charge in [0.15, 0.2) is 5.82 Å². The fourth-order valence-electron chi connectivity index (χ4n) is 0.911. The van der Waals surface area contributed by atoms with E-state index < -0.39 is 0 Å². The minimum absolute atomic E-state index is 0.0304. The van der Waals surface area contributed by atoms with Gasteiger partial charge in [-0.2, -0.15) is 10.1 Å². The Bertz CT molecular complexity index is 335. The molecule has 0 saturated heterocycles. The van der Waals surface area contributed by atoms with Crippen molar-refractivity contribution in [2.45, 2.75) is 26.2 Å². The van der Waals surface area contributed by atoms with E-state index in [1.807, 2.05) is 6.07 Å². The second-order valence-corrected chi connectivity index (χ2v) is 4.04. The Labute approximate surface area is 83.4 Å². The fourth-order valence-corrected chi connectivity index (χ4v) is 0.911. The van der Waals surface area contributed by atoms with Crippen molar-refractivity contribution in [2.24, 2.45) is 10.7 Å². The molecule has 1 rings (SSSR count). The number of nitrogens with zero attached hydrogens (tertiary/aromatic N) is 2. The molecule has 0 bridgehead atoms. The quantitative estimate of drug-likeness (QED) is 0.525. The second kappa shape index (κ2) is 3.69. The zero-order chi connectivity index (χ0) is 10.8. The number of aromatic nitrogens is 2. The molecule has 5 nitrogen and oxygen atoms in total. The highest BCUT2D eigenvalue weighted by molar-refractivity contribution is 5.74. The third-order valence-electron chi connectivity index (χ3n) is 1.81. The zero-order valence-electron chi connectivity index (χ0n) is 8.96. The zero-order valence-corrected chi connectivity index (χ0v) is 8.96. The minimum Gasteiger partial charge on any atom is -0.468 e. The van der Waals surface area contributed by atoms with Gasteiger partial charge in [-0.05, 0) is 0 Å². The number of aromatic amines is 1. The number of nitrogens with two attached hydrogens (primary N) is 1. The summed E-state index contributed by atoms with van der Waals surface area (Å²) in [5.74, 6) is 0.536. The maximum Gasteiger partial charge on any atom is 0.288 e. The predicted molar refractivity (Wildman–Crippen MR) is 55.6 cm³/mol. The molecule has 1 heterocycles. The maximum atomic E-state index is 5.40. The lowest BCUT2D eigenvalue weighted by atomic mass is 9.92. The molecule has 0 atom stereocenters. The van der Waals surface area contributed by atoms with Crippen molar-refractivity contribution >= 4 is 11.8 Å². The van der Waals surface area contributed by atoms with Crippen molar-refractivity contribution in [1.82, 2.24) is 10.2 Å². The third-order valence-corrected chi connectivity index (χ3v) is 1.81. The second-order valence-electron chi connectivity index (χ2n) is 4.04. The SMILES string of the molecule is COC(N)=Nc1cc(C(C)(C)C)[nH]n1. The first-order valence-corrected chi connectivity index (χ1v) is 4.37. The van der Waals surface area contributed by atoms with Gasteiger partial charge in [0, 0.05) is 17.2 Å². The number of methoxy groups -OCH3 is 1. The highest BCUT2D eigenvalue weighted by Gasteiger charge is 2.16. The summed E-state index contributed by atoms with van der Waals surface area (Å²) in [6, 6.07) is 1.96. The van der Waals surface area contributed by atoms with Crippen LogP contribution in [-0.4, -0.2) is 23.3 Å². The molecule has 0 amide bonds. The summed E-state index contributed by atoms with van der Waals surface area (Å²) in [5.41, 5.74) is 6.44. The standard InChI is InChI=1S/C9H16N4O/c1-9(2,3)6-5-7(13-12-6)11-8(10)14-4/h5H,1-4H3,(H3,10,11,12,13). The highest BCUT2D eigenvalue weighted by atomic mass is 16.5. The van der Waals surface area contributed by atoms with Crippen molar-refractivity contribution < 1.29 is 4.74 Å². The van der Waals surface area contributed by atoms with Crippen LogP contribution in [-0.2, 0) is 10.2 Å².